The Morgan fingerprint density at radius 2 is 1.77 bits per heavy atom. The van der Waals surface area contributed by atoms with E-state index in [1.807, 2.05) is 0 Å². The summed E-state index contributed by atoms with van der Waals surface area (Å²) in [6.07, 6.45) is 5.18. The molecule has 0 aromatic rings. The van der Waals surface area contributed by atoms with Crippen LogP contribution in [0.5, 0.6) is 0 Å². The van der Waals surface area contributed by atoms with Crippen LogP contribution >= 0.6 is 0 Å². The monoisotopic (exact) mass is 198 g/mol. The minimum atomic E-state index is -1.03. The lowest BCUT2D eigenvalue weighted by atomic mass is 10.1. The molecule has 1 rings (SSSR count). The number of hydrogen-bond acceptors (Lipinski definition) is 1. The van der Waals surface area contributed by atoms with Gasteiger partial charge in [0, 0.05) is 8.07 Å². The van der Waals surface area contributed by atoms with E-state index < -0.39 is 8.07 Å². The quantitative estimate of drug-likeness (QED) is 0.545. The third-order valence-corrected chi connectivity index (χ3v) is 4.13. The molecular formula is C11H22OSi. The summed E-state index contributed by atoms with van der Waals surface area (Å²) in [7, 11) is -1.03. The highest BCUT2D eigenvalue weighted by Gasteiger charge is 2.19. The van der Waals surface area contributed by atoms with Crippen LogP contribution < -0.4 is 0 Å². The van der Waals surface area contributed by atoms with Gasteiger partial charge in [-0.1, -0.05) is 25.2 Å². The van der Waals surface area contributed by atoms with E-state index in [0.29, 0.717) is 6.61 Å². The molecule has 13 heavy (non-hydrogen) atoms. The van der Waals surface area contributed by atoms with E-state index >= 15 is 0 Å². The van der Waals surface area contributed by atoms with Crippen molar-refractivity contribution in [2.45, 2.75) is 51.4 Å². The molecule has 0 amide bonds. The van der Waals surface area contributed by atoms with Gasteiger partial charge in [0.25, 0.3) is 0 Å². The van der Waals surface area contributed by atoms with Gasteiger partial charge in [-0.05, 0) is 37.3 Å². The molecule has 1 saturated carbocycles. The molecule has 1 nitrogen and oxygen atoms in total. The molecule has 1 N–H and O–H groups in total. The summed E-state index contributed by atoms with van der Waals surface area (Å²) in [6, 6.07) is 1.19. The zero-order valence-corrected chi connectivity index (χ0v) is 10.2. The van der Waals surface area contributed by atoms with Gasteiger partial charge < -0.3 is 5.11 Å². The van der Waals surface area contributed by atoms with Crippen LogP contribution in [0.4, 0.5) is 0 Å². The molecule has 1 fully saturated rings. The highest BCUT2D eigenvalue weighted by atomic mass is 28.3. The van der Waals surface area contributed by atoms with Crippen LogP contribution in [0, 0.1) is 0 Å². The molecule has 1 aliphatic rings. The van der Waals surface area contributed by atoms with Crippen molar-refractivity contribution in [3.8, 4) is 0 Å². The number of hydrogen-bond donors (Lipinski definition) is 1. The molecule has 0 radical (unpaired) electrons. The van der Waals surface area contributed by atoms with Crippen LogP contribution in [0.25, 0.3) is 0 Å². The van der Waals surface area contributed by atoms with Crippen molar-refractivity contribution >= 4 is 8.07 Å². The third-order valence-electron chi connectivity index (χ3n) is 2.64. The molecule has 0 bridgehead atoms. The first-order valence-electron chi connectivity index (χ1n) is 5.33. The van der Waals surface area contributed by atoms with Crippen LogP contribution in [0.15, 0.2) is 11.1 Å². The first kappa shape index (κ1) is 11.0. The van der Waals surface area contributed by atoms with Crippen LogP contribution in [-0.4, -0.2) is 19.8 Å². The summed E-state index contributed by atoms with van der Waals surface area (Å²) in [4.78, 5) is 0. The van der Waals surface area contributed by atoms with Crippen LogP contribution in [0.3, 0.4) is 0 Å². The van der Waals surface area contributed by atoms with Crippen LogP contribution in [0.1, 0.15) is 25.7 Å². The lowest BCUT2D eigenvalue weighted by Gasteiger charge is -2.19. The molecule has 76 valence electrons. The van der Waals surface area contributed by atoms with E-state index in [2.05, 4.69) is 19.6 Å². The summed E-state index contributed by atoms with van der Waals surface area (Å²) >= 11 is 0. The smallest absolute Gasteiger partial charge is 0.0641 e. The molecule has 0 saturated heterocycles. The highest BCUT2D eigenvalue weighted by Crippen LogP contribution is 2.30. The maximum Gasteiger partial charge on any atom is 0.0641 e. The second-order valence-corrected chi connectivity index (χ2v) is 10.8. The number of allylic oxidation sites excluding steroid dienone is 1. The first-order valence-corrected chi connectivity index (χ1v) is 9.04. The fraction of sp³-hybridized carbons (Fsp3) is 0.818. The van der Waals surface area contributed by atoms with Gasteiger partial charge in [-0.2, -0.15) is 0 Å². The van der Waals surface area contributed by atoms with Gasteiger partial charge in [0.1, 0.15) is 0 Å². The van der Waals surface area contributed by atoms with Gasteiger partial charge >= 0.3 is 0 Å². The normalized spacial score (nSPS) is 18.0. The lowest BCUT2D eigenvalue weighted by molar-refractivity contribution is 0.329. The Labute approximate surface area is 82.9 Å². The molecule has 0 heterocycles. The first-order chi connectivity index (χ1) is 6.03. The van der Waals surface area contributed by atoms with Gasteiger partial charge in [0.15, 0.2) is 0 Å². The SMILES string of the molecule is C[Si](C)(C)CC(CO)=C1CCCC1. The van der Waals surface area contributed by atoms with Crippen molar-refractivity contribution in [3.63, 3.8) is 0 Å². The molecule has 0 aromatic carbocycles. The second-order valence-electron chi connectivity index (χ2n) is 5.31. The molecule has 0 spiro atoms. The highest BCUT2D eigenvalue weighted by molar-refractivity contribution is 6.76. The molecular weight excluding hydrogens is 176 g/mol. The van der Waals surface area contributed by atoms with Gasteiger partial charge in [-0.15, -0.1) is 0 Å². The van der Waals surface area contributed by atoms with Crippen LogP contribution in [0.2, 0.25) is 25.7 Å². The van der Waals surface area contributed by atoms with Crippen LogP contribution in [-0.2, 0) is 0 Å². The third kappa shape index (κ3) is 3.65. The van der Waals surface area contributed by atoms with Gasteiger partial charge in [-0.25, -0.2) is 0 Å². The maximum atomic E-state index is 9.31. The Morgan fingerprint density at radius 3 is 2.15 bits per heavy atom. The van der Waals surface area contributed by atoms with E-state index in [4.69, 9.17) is 0 Å². The maximum absolute atomic E-state index is 9.31. The van der Waals surface area contributed by atoms with E-state index in [9.17, 15) is 5.11 Å². The Balaban J connectivity index is 2.66. The van der Waals surface area contributed by atoms with E-state index in [1.54, 1.807) is 5.57 Å². The number of aliphatic hydroxyl groups excluding tert-OH is 1. The lowest BCUT2D eigenvalue weighted by Crippen LogP contribution is -2.21. The molecule has 1 aliphatic carbocycles. The summed E-state index contributed by atoms with van der Waals surface area (Å²) in [6.45, 7) is 7.42. The molecule has 2 heteroatoms. The summed E-state index contributed by atoms with van der Waals surface area (Å²) in [5.74, 6) is 0. The Bertz CT molecular complexity index is 193. The minimum Gasteiger partial charge on any atom is -0.392 e. The fourth-order valence-electron chi connectivity index (χ4n) is 2.09. The van der Waals surface area contributed by atoms with Gasteiger partial charge in [-0.3, -0.25) is 0 Å². The minimum absolute atomic E-state index is 0.305. The van der Waals surface area contributed by atoms with Crippen molar-refractivity contribution in [2.75, 3.05) is 6.61 Å². The fourth-order valence-corrected chi connectivity index (χ4v) is 3.73. The Kier molecular flexibility index (Phi) is 3.74. The molecule has 0 atom stereocenters. The predicted octanol–water partition coefficient (Wildman–Crippen LogP) is 3.19. The zero-order chi connectivity index (χ0) is 9.90. The Hall–Kier alpha value is -0.0831. The standard InChI is InChI=1S/C11H22OSi/c1-13(2,3)9-11(8-12)10-6-4-5-7-10/h12H,4-9H2,1-3H3. The summed E-state index contributed by atoms with van der Waals surface area (Å²) in [5, 5.41) is 9.31. The van der Waals surface area contributed by atoms with E-state index in [1.165, 1.54) is 37.3 Å². The average Bonchev–Trinajstić information content (AvgIpc) is 2.50. The zero-order valence-electron chi connectivity index (χ0n) is 9.19. The van der Waals surface area contributed by atoms with Crippen molar-refractivity contribution in [1.29, 1.82) is 0 Å². The summed E-state index contributed by atoms with van der Waals surface area (Å²) < 4.78 is 0. The second kappa shape index (κ2) is 4.42. The van der Waals surface area contributed by atoms with Crippen molar-refractivity contribution in [3.05, 3.63) is 11.1 Å². The van der Waals surface area contributed by atoms with Gasteiger partial charge in [0.05, 0.1) is 6.61 Å². The number of aliphatic hydroxyl groups is 1. The average molecular weight is 198 g/mol. The number of rotatable bonds is 3. The van der Waals surface area contributed by atoms with E-state index in [-0.39, 0.29) is 0 Å². The van der Waals surface area contributed by atoms with Crippen molar-refractivity contribution < 1.29 is 5.11 Å². The van der Waals surface area contributed by atoms with Crippen molar-refractivity contribution in [2.24, 2.45) is 0 Å². The predicted molar refractivity (Wildman–Crippen MR) is 60.7 cm³/mol. The summed E-state index contributed by atoms with van der Waals surface area (Å²) in [5.41, 5.74) is 2.95. The Morgan fingerprint density at radius 1 is 1.23 bits per heavy atom. The molecule has 0 aliphatic heterocycles. The van der Waals surface area contributed by atoms with Crippen molar-refractivity contribution in [1.82, 2.24) is 0 Å². The van der Waals surface area contributed by atoms with E-state index in [0.717, 1.165) is 0 Å². The topological polar surface area (TPSA) is 20.2 Å². The van der Waals surface area contributed by atoms with Gasteiger partial charge in [0.2, 0.25) is 0 Å². The molecule has 0 unspecified atom stereocenters. The largest absolute Gasteiger partial charge is 0.392 e. The molecule has 0 aromatic heterocycles.